The van der Waals surface area contributed by atoms with Gasteiger partial charge >= 0.3 is 0 Å². The minimum atomic E-state index is 0.312. The highest BCUT2D eigenvalue weighted by Gasteiger charge is 2.43. The molecule has 2 aliphatic heterocycles. The Morgan fingerprint density at radius 3 is 2.54 bits per heavy atom. The van der Waals surface area contributed by atoms with Crippen LogP contribution in [0.25, 0.3) is 11.0 Å². The highest BCUT2D eigenvalue weighted by atomic mass is 15.3. The van der Waals surface area contributed by atoms with Crippen LogP contribution in [0, 0.1) is 6.92 Å². The number of anilines is 1. The van der Waals surface area contributed by atoms with Gasteiger partial charge in [0.15, 0.2) is 5.82 Å². The third-order valence-corrected chi connectivity index (χ3v) is 6.75. The van der Waals surface area contributed by atoms with Crippen LogP contribution in [0.5, 0.6) is 0 Å². The highest BCUT2D eigenvalue weighted by molar-refractivity contribution is 5.75. The maximum absolute atomic E-state index is 4.92. The molecule has 4 heterocycles. The topological polar surface area (TPSA) is 50.1 Å². The van der Waals surface area contributed by atoms with Crippen molar-refractivity contribution in [1.29, 1.82) is 0 Å². The second-order valence-electron chi connectivity index (χ2n) is 8.35. The zero-order chi connectivity index (χ0) is 19.1. The molecule has 28 heavy (non-hydrogen) atoms. The molecule has 0 amide bonds. The van der Waals surface area contributed by atoms with Gasteiger partial charge in [-0.2, -0.15) is 5.10 Å². The van der Waals surface area contributed by atoms with Gasteiger partial charge in [-0.1, -0.05) is 12.1 Å². The van der Waals surface area contributed by atoms with E-state index < -0.39 is 0 Å². The Morgan fingerprint density at radius 2 is 1.79 bits per heavy atom. The van der Waals surface area contributed by atoms with Crippen molar-refractivity contribution < 1.29 is 0 Å². The molecule has 5 rings (SSSR count). The van der Waals surface area contributed by atoms with Crippen molar-refractivity contribution in [2.45, 2.75) is 44.7 Å². The lowest BCUT2D eigenvalue weighted by atomic mass is 9.85. The average molecular weight is 377 g/mol. The summed E-state index contributed by atoms with van der Waals surface area (Å²) < 4.78 is 2.26. The fraction of sp³-hybridized carbons (Fsp3) is 0.500. The molecule has 0 bridgehead atoms. The number of aromatic nitrogens is 4. The van der Waals surface area contributed by atoms with Crippen molar-refractivity contribution in [3.8, 4) is 0 Å². The molecule has 0 saturated carbocycles. The smallest absolute Gasteiger partial charge is 0.151 e. The summed E-state index contributed by atoms with van der Waals surface area (Å²) >= 11 is 0. The number of rotatable bonds is 3. The van der Waals surface area contributed by atoms with Gasteiger partial charge in [0.25, 0.3) is 0 Å². The molecule has 1 aromatic carbocycles. The van der Waals surface area contributed by atoms with Gasteiger partial charge in [0, 0.05) is 25.7 Å². The number of benzene rings is 1. The van der Waals surface area contributed by atoms with E-state index in [1.807, 2.05) is 6.92 Å². The second-order valence-corrected chi connectivity index (χ2v) is 8.35. The molecule has 146 valence electrons. The first-order valence-electron chi connectivity index (χ1n) is 10.4. The average Bonchev–Trinajstić information content (AvgIpc) is 3.25. The summed E-state index contributed by atoms with van der Waals surface area (Å²) in [7, 11) is 2.14. The monoisotopic (exact) mass is 376 g/mol. The van der Waals surface area contributed by atoms with E-state index in [-0.39, 0.29) is 0 Å². The summed E-state index contributed by atoms with van der Waals surface area (Å²) in [5, 5.41) is 8.62. The van der Waals surface area contributed by atoms with Crippen molar-refractivity contribution in [1.82, 2.24) is 24.6 Å². The Morgan fingerprint density at radius 1 is 0.964 bits per heavy atom. The molecule has 2 aromatic heterocycles. The number of aryl methyl sites for hydroxylation is 2. The van der Waals surface area contributed by atoms with Crippen LogP contribution in [0.2, 0.25) is 0 Å². The van der Waals surface area contributed by atoms with Crippen molar-refractivity contribution in [3.05, 3.63) is 47.9 Å². The van der Waals surface area contributed by atoms with Gasteiger partial charge < -0.3 is 9.47 Å². The van der Waals surface area contributed by atoms with E-state index in [0.717, 1.165) is 36.7 Å². The van der Waals surface area contributed by atoms with E-state index >= 15 is 0 Å². The van der Waals surface area contributed by atoms with Crippen molar-refractivity contribution in [2.24, 2.45) is 7.05 Å². The molecule has 0 aliphatic carbocycles. The zero-order valence-corrected chi connectivity index (χ0v) is 16.8. The summed E-state index contributed by atoms with van der Waals surface area (Å²) in [4.78, 5) is 10.0. The Kier molecular flexibility index (Phi) is 4.31. The van der Waals surface area contributed by atoms with Gasteiger partial charge in [0.2, 0.25) is 0 Å². The largest absolute Gasteiger partial charge is 0.355 e. The van der Waals surface area contributed by atoms with Crippen molar-refractivity contribution in [3.63, 3.8) is 0 Å². The second kappa shape index (κ2) is 6.85. The van der Waals surface area contributed by atoms with Gasteiger partial charge in [-0.15, -0.1) is 5.10 Å². The number of piperidine rings is 1. The quantitative estimate of drug-likeness (QED) is 0.702. The normalized spacial score (nSPS) is 19.7. The Hall–Kier alpha value is -2.47. The van der Waals surface area contributed by atoms with Gasteiger partial charge in [-0.25, -0.2) is 4.98 Å². The molecular formula is C22H28N6. The van der Waals surface area contributed by atoms with E-state index in [4.69, 9.17) is 4.98 Å². The number of para-hydroxylation sites is 2. The molecule has 2 saturated heterocycles. The predicted octanol–water partition coefficient (Wildman–Crippen LogP) is 3.31. The highest BCUT2D eigenvalue weighted by Crippen LogP contribution is 2.40. The summed E-state index contributed by atoms with van der Waals surface area (Å²) in [5.74, 6) is 2.19. The van der Waals surface area contributed by atoms with E-state index in [2.05, 4.69) is 68.0 Å². The van der Waals surface area contributed by atoms with E-state index in [1.54, 1.807) is 0 Å². The van der Waals surface area contributed by atoms with Gasteiger partial charge in [-0.05, 0) is 63.4 Å². The van der Waals surface area contributed by atoms with Crippen LogP contribution >= 0.6 is 0 Å². The standard InChI is InChI=1S/C22H28N6/c1-17-8-9-20(25-24-17)27-14-11-22(12-15-27)10-5-13-28(22)16-21-23-18-6-3-4-7-19(18)26(21)2/h3-4,6-9H,5,10-16H2,1-2H3. The molecule has 1 spiro atoms. The predicted molar refractivity (Wildman–Crippen MR) is 111 cm³/mol. The first-order chi connectivity index (χ1) is 13.6. The van der Waals surface area contributed by atoms with Crippen LogP contribution in [-0.2, 0) is 13.6 Å². The Labute approximate surface area is 166 Å². The zero-order valence-electron chi connectivity index (χ0n) is 16.8. The van der Waals surface area contributed by atoms with Gasteiger partial charge in [0.1, 0.15) is 5.82 Å². The van der Waals surface area contributed by atoms with Crippen LogP contribution in [0.4, 0.5) is 5.82 Å². The Bertz CT molecular complexity index is 968. The molecule has 3 aromatic rings. The lowest BCUT2D eigenvalue weighted by molar-refractivity contribution is 0.0961. The fourth-order valence-corrected chi connectivity index (χ4v) is 5.03. The Balaban J connectivity index is 1.32. The maximum Gasteiger partial charge on any atom is 0.151 e. The maximum atomic E-state index is 4.92. The van der Waals surface area contributed by atoms with E-state index in [0.29, 0.717) is 5.54 Å². The molecule has 0 N–H and O–H groups in total. The minimum Gasteiger partial charge on any atom is -0.355 e. The third kappa shape index (κ3) is 2.96. The number of fused-ring (bicyclic) bond motifs is 1. The van der Waals surface area contributed by atoms with Gasteiger partial charge in [-0.3, -0.25) is 4.90 Å². The van der Waals surface area contributed by atoms with Crippen LogP contribution in [0.1, 0.15) is 37.2 Å². The molecule has 0 atom stereocenters. The SMILES string of the molecule is Cc1ccc(N2CCC3(CCCN3Cc3nc4ccccc4n3C)CC2)nn1. The molecule has 2 fully saturated rings. The van der Waals surface area contributed by atoms with Crippen LogP contribution in [0.15, 0.2) is 36.4 Å². The number of hydrogen-bond donors (Lipinski definition) is 0. The van der Waals surface area contributed by atoms with Gasteiger partial charge in [0.05, 0.1) is 23.3 Å². The van der Waals surface area contributed by atoms with Crippen LogP contribution < -0.4 is 4.90 Å². The minimum absolute atomic E-state index is 0.312. The number of likely N-dealkylation sites (tertiary alicyclic amines) is 1. The molecule has 0 radical (unpaired) electrons. The van der Waals surface area contributed by atoms with E-state index in [1.165, 1.54) is 43.6 Å². The lowest BCUT2D eigenvalue weighted by Crippen LogP contribution is -2.52. The molecule has 6 nitrogen and oxygen atoms in total. The number of imidazole rings is 1. The first-order valence-corrected chi connectivity index (χ1v) is 10.4. The van der Waals surface area contributed by atoms with Crippen molar-refractivity contribution in [2.75, 3.05) is 24.5 Å². The summed E-state index contributed by atoms with van der Waals surface area (Å²) in [6.07, 6.45) is 4.96. The lowest BCUT2D eigenvalue weighted by Gasteiger charge is -2.45. The van der Waals surface area contributed by atoms with E-state index in [9.17, 15) is 0 Å². The third-order valence-electron chi connectivity index (χ3n) is 6.75. The fourth-order valence-electron chi connectivity index (χ4n) is 5.03. The summed E-state index contributed by atoms with van der Waals surface area (Å²) in [6.45, 7) is 6.20. The van der Waals surface area contributed by atoms with Crippen molar-refractivity contribution >= 4 is 16.9 Å². The summed E-state index contributed by atoms with van der Waals surface area (Å²) in [6, 6.07) is 12.6. The number of hydrogen-bond acceptors (Lipinski definition) is 5. The number of nitrogens with zero attached hydrogens (tertiary/aromatic N) is 6. The molecule has 6 heteroatoms. The molecule has 2 aliphatic rings. The van der Waals surface area contributed by atoms with Crippen LogP contribution in [0.3, 0.4) is 0 Å². The first kappa shape index (κ1) is 17.6. The summed E-state index contributed by atoms with van der Waals surface area (Å²) in [5.41, 5.74) is 3.61. The molecule has 0 unspecified atom stereocenters. The molecular weight excluding hydrogens is 348 g/mol. The van der Waals surface area contributed by atoms with Crippen LogP contribution in [-0.4, -0.2) is 49.8 Å².